The normalized spacial score (nSPS) is 40.4. The molecule has 1 amide bonds. The number of hydrogen-bond acceptors (Lipinski definition) is 7. The largest absolute Gasteiger partial charge is 0.462 e. The summed E-state index contributed by atoms with van der Waals surface area (Å²) in [6.45, 7) is 20.9. The van der Waals surface area contributed by atoms with Crippen LogP contribution in [0.5, 0.6) is 0 Å². The summed E-state index contributed by atoms with van der Waals surface area (Å²) in [5.41, 5.74) is 7.92. The Labute approximate surface area is 354 Å². The van der Waals surface area contributed by atoms with Crippen molar-refractivity contribution in [3.8, 4) is 0 Å². The minimum absolute atomic E-state index is 0.0223. The molecule has 10 atom stereocenters. The summed E-state index contributed by atoms with van der Waals surface area (Å²) in [5, 5.41) is 3.57. The van der Waals surface area contributed by atoms with Crippen molar-refractivity contribution in [2.75, 3.05) is 0 Å². The molecule has 2 unspecified atom stereocenters. The maximum Gasteiger partial charge on any atom is 0.309 e. The number of hydrogen-bond donors (Lipinski definition) is 2. The second-order valence-electron chi connectivity index (χ2n) is 23.0. The van der Waals surface area contributed by atoms with Gasteiger partial charge in [-0.05, 0) is 133 Å². The van der Waals surface area contributed by atoms with Gasteiger partial charge in [0.1, 0.15) is 12.7 Å². The van der Waals surface area contributed by atoms with E-state index in [-0.39, 0.29) is 81.7 Å². The lowest BCUT2D eigenvalue weighted by Crippen LogP contribution is -2.68. The van der Waals surface area contributed by atoms with E-state index < -0.39 is 16.5 Å². The van der Waals surface area contributed by atoms with Gasteiger partial charge in [-0.2, -0.15) is 0 Å². The monoisotopic (exact) mass is 811 g/mol. The first-order valence-electron chi connectivity index (χ1n) is 23.4. The van der Waals surface area contributed by atoms with Crippen LogP contribution in [0.3, 0.4) is 0 Å². The minimum Gasteiger partial charge on any atom is -0.462 e. The van der Waals surface area contributed by atoms with Crippen LogP contribution < -0.4 is 11.1 Å². The molecule has 0 aromatic heterocycles. The van der Waals surface area contributed by atoms with Crippen LogP contribution in [0.4, 0.5) is 0 Å². The molecule has 59 heavy (non-hydrogen) atoms. The Morgan fingerprint density at radius 3 is 2.10 bits per heavy atom. The fraction of sp³-hybridized carbons (Fsp3) is 0.765. The molecular formula is C51H74N2O6. The van der Waals surface area contributed by atoms with Crippen LogP contribution in [0.15, 0.2) is 41.5 Å². The smallest absolute Gasteiger partial charge is 0.309 e. The van der Waals surface area contributed by atoms with E-state index in [4.69, 9.17) is 15.2 Å². The number of nitrogens with two attached hydrogens (primary N) is 1. The summed E-state index contributed by atoms with van der Waals surface area (Å²) >= 11 is 0. The summed E-state index contributed by atoms with van der Waals surface area (Å²) < 4.78 is 12.3. The first kappa shape index (κ1) is 42.7. The molecule has 1 aromatic rings. The van der Waals surface area contributed by atoms with Gasteiger partial charge in [0.2, 0.25) is 5.91 Å². The topological polar surface area (TPSA) is 125 Å². The van der Waals surface area contributed by atoms with Gasteiger partial charge in [0, 0.05) is 11.8 Å². The van der Waals surface area contributed by atoms with Crippen LogP contribution in [-0.4, -0.2) is 40.8 Å². The van der Waals surface area contributed by atoms with E-state index in [0.29, 0.717) is 37.5 Å². The van der Waals surface area contributed by atoms with Crippen LogP contribution in [-0.2, 0) is 35.3 Å². The fourth-order valence-corrected chi connectivity index (χ4v) is 15.5. The second-order valence-corrected chi connectivity index (χ2v) is 23.0. The van der Waals surface area contributed by atoms with Crippen LogP contribution in [0.1, 0.15) is 164 Å². The van der Waals surface area contributed by atoms with E-state index in [9.17, 15) is 19.2 Å². The van der Waals surface area contributed by atoms with E-state index in [1.54, 1.807) is 0 Å². The Morgan fingerprint density at radius 2 is 1.44 bits per heavy atom. The third-order valence-electron chi connectivity index (χ3n) is 19.2. The van der Waals surface area contributed by atoms with E-state index in [2.05, 4.69) is 53.8 Å². The number of carbonyl (C=O) groups excluding carboxylic acids is 4. The molecule has 0 heterocycles. The molecule has 0 aliphatic heterocycles. The van der Waals surface area contributed by atoms with Crippen molar-refractivity contribution in [1.29, 1.82) is 0 Å². The van der Waals surface area contributed by atoms with Crippen molar-refractivity contribution in [3.05, 3.63) is 47.0 Å². The Bertz CT molecular complexity index is 1890. The zero-order chi connectivity index (χ0) is 42.6. The van der Waals surface area contributed by atoms with Gasteiger partial charge in [-0.15, -0.1) is 0 Å². The maximum absolute atomic E-state index is 14.2. The fourth-order valence-electron chi connectivity index (χ4n) is 15.5. The van der Waals surface area contributed by atoms with Crippen molar-refractivity contribution >= 4 is 23.6 Å². The van der Waals surface area contributed by atoms with Gasteiger partial charge in [-0.3, -0.25) is 19.2 Å². The molecule has 8 heteroatoms. The Kier molecular flexibility index (Phi) is 10.5. The van der Waals surface area contributed by atoms with E-state index >= 15 is 0 Å². The van der Waals surface area contributed by atoms with Gasteiger partial charge in [-0.25, -0.2) is 0 Å². The molecule has 0 bridgehead atoms. The third kappa shape index (κ3) is 6.43. The van der Waals surface area contributed by atoms with Crippen molar-refractivity contribution in [2.24, 2.45) is 68.3 Å². The highest BCUT2D eigenvalue weighted by atomic mass is 16.5. The number of esters is 2. The Balaban J connectivity index is 0.986. The zero-order valence-electron chi connectivity index (χ0n) is 37.8. The van der Waals surface area contributed by atoms with Crippen molar-refractivity contribution in [2.45, 2.75) is 182 Å². The molecular weight excluding hydrogens is 737 g/mol. The van der Waals surface area contributed by atoms with E-state index in [1.165, 1.54) is 5.57 Å². The van der Waals surface area contributed by atoms with Crippen LogP contribution in [0.25, 0.3) is 0 Å². The molecule has 8 rings (SSSR count). The number of ketones is 1. The minimum atomic E-state index is -0.855. The number of nitrogens with one attached hydrogen (secondary N) is 1. The molecule has 3 N–H and O–H groups in total. The van der Waals surface area contributed by atoms with Crippen molar-refractivity contribution in [3.63, 3.8) is 0 Å². The molecule has 8 nitrogen and oxygen atoms in total. The number of rotatable bonds is 8. The molecule has 6 saturated carbocycles. The molecule has 7 aliphatic carbocycles. The number of Topliss-reactive ketones (excluding diaryl/α,β-unsaturated/α-hetero) is 1. The van der Waals surface area contributed by atoms with Gasteiger partial charge in [0.15, 0.2) is 5.78 Å². The molecule has 0 spiro atoms. The number of amides is 1. The van der Waals surface area contributed by atoms with Crippen LogP contribution in [0.2, 0.25) is 0 Å². The van der Waals surface area contributed by atoms with Gasteiger partial charge in [0.05, 0.1) is 22.9 Å². The summed E-state index contributed by atoms with van der Waals surface area (Å²) in [6, 6.07) is 9.72. The number of benzene rings is 1. The molecule has 324 valence electrons. The predicted molar refractivity (Wildman–Crippen MR) is 229 cm³/mol. The molecule has 0 radical (unpaired) electrons. The van der Waals surface area contributed by atoms with E-state index in [1.807, 2.05) is 44.2 Å². The maximum atomic E-state index is 14.2. The zero-order valence-corrected chi connectivity index (χ0v) is 37.8. The Hall–Kier alpha value is -3.00. The van der Waals surface area contributed by atoms with Crippen molar-refractivity contribution < 1.29 is 28.7 Å². The standard InChI is InChI=1S/C51H74N2O6/c1-31(2)40-36(54)29-51(53-44(57)50(52)22-14-11-15-23-50)27-26-48(8)33(41(40)51)18-19-38-47(7)24-21-39(46(5,6)37(47)20-25-49(38,48)9)59-43(56)35-28-34(45(35,3)4)42(55)58-30-32-16-12-10-13-17-32/h10,12-13,16-17,31,33-35,37-39H,11,14-15,18-30,52H2,1-9H3,(H,53,57)/t33-,34+,35-,37?,38?,39+,47+,48-,49-,51-/m1/s1. The van der Waals surface area contributed by atoms with Gasteiger partial charge >= 0.3 is 11.9 Å². The number of allylic oxidation sites excluding steroid dienone is 1. The number of carbonyl (C=O) groups is 4. The second kappa shape index (κ2) is 14.5. The third-order valence-corrected chi connectivity index (χ3v) is 19.2. The lowest BCUT2D eigenvalue weighted by molar-refractivity contribution is -0.235. The van der Waals surface area contributed by atoms with Gasteiger partial charge < -0.3 is 20.5 Å². The lowest BCUT2D eigenvalue weighted by Gasteiger charge is -2.72. The first-order chi connectivity index (χ1) is 27.6. The molecule has 0 saturated heterocycles. The Morgan fingerprint density at radius 1 is 0.763 bits per heavy atom. The average molecular weight is 811 g/mol. The van der Waals surface area contributed by atoms with Gasteiger partial charge in [-0.1, -0.05) is 112 Å². The highest BCUT2D eigenvalue weighted by molar-refractivity contribution is 6.02. The molecule has 1 aromatic carbocycles. The van der Waals surface area contributed by atoms with Gasteiger partial charge in [0.25, 0.3) is 0 Å². The predicted octanol–water partition coefficient (Wildman–Crippen LogP) is 9.81. The summed E-state index contributed by atoms with van der Waals surface area (Å²) in [6.07, 6.45) is 13.0. The van der Waals surface area contributed by atoms with Crippen LogP contribution in [0, 0.1) is 62.6 Å². The number of fused-ring (bicyclic) bond motifs is 7. The van der Waals surface area contributed by atoms with Crippen LogP contribution >= 0.6 is 0 Å². The average Bonchev–Trinajstić information content (AvgIpc) is 3.47. The van der Waals surface area contributed by atoms with Crippen molar-refractivity contribution in [1.82, 2.24) is 5.32 Å². The lowest BCUT2D eigenvalue weighted by atomic mass is 9.33. The number of ether oxygens (including phenoxy) is 2. The summed E-state index contributed by atoms with van der Waals surface area (Å²) in [7, 11) is 0. The quantitative estimate of drug-likeness (QED) is 0.251. The highest BCUT2D eigenvalue weighted by Crippen LogP contribution is 2.76. The molecule has 7 aliphatic rings. The highest BCUT2D eigenvalue weighted by Gasteiger charge is 2.71. The van der Waals surface area contributed by atoms with E-state index in [0.717, 1.165) is 81.8 Å². The first-order valence-corrected chi connectivity index (χ1v) is 23.4. The summed E-state index contributed by atoms with van der Waals surface area (Å²) in [5.74, 6) is 0.325. The summed E-state index contributed by atoms with van der Waals surface area (Å²) in [4.78, 5) is 55.4. The molecule has 6 fully saturated rings. The SMILES string of the molecule is CC(C)C1=C2[C@H]3CCC4[C@@]5(C)CC[C@H](OC(=O)[C@H]6C[C@@H](C(=O)OCc7ccccc7)C6(C)C)C(C)(C)C5CC[C@@]4(C)[C@]3(C)CC[C@@]2(NC(=O)C2(N)CCCCC2)CC1=O.